The van der Waals surface area contributed by atoms with Crippen LogP contribution in [0.3, 0.4) is 0 Å². The smallest absolute Gasteiger partial charge is 0.0782 e. The van der Waals surface area contributed by atoms with Crippen LogP contribution >= 0.6 is 15.9 Å². The minimum Gasteiger partial charge on any atom is -0.382 e. The van der Waals surface area contributed by atoms with Crippen molar-refractivity contribution in [1.82, 2.24) is 0 Å². The van der Waals surface area contributed by atoms with Crippen LogP contribution in [0.15, 0.2) is 0 Å². The molecule has 1 fully saturated rings. The molecule has 0 N–H and O–H groups in total. The molecule has 2 unspecified atom stereocenters. The number of methoxy groups -OCH3 is 1. The van der Waals surface area contributed by atoms with Crippen molar-refractivity contribution in [2.24, 2.45) is 5.92 Å². The van der Waals surface area contributed by atoms with Gasteiger partial charge in [-0.15, -0.1) is 0 Å². The number of ether oxygens (including phenoxy) is 4. The van der Waals surface area contributed by atoms with Gasteiger partial charge in [0, 0.05) is 12.4 Å². The largest absolute Gasteiger partial charge is 0.382 e. The summed E-state index contributed by atoms with van der Waals surface area (Å²) < 4.78 is 21.8. The highest BCUT2D eigenvalue weighted by atomic mass is 79.9. The third-order valence-corrected chi connectivity index (χ3v) is 4.75. The van der Waals surface area contributed by atoms with Gasteiger partial charge in [0.15, 0.2) is 0 Å². The Morgan fingerprint density at radius 2 is 1.70 bits per heavy atom. The fourth-order valence-corrected chi connectivity index (χ4v) is 3.36. The molecule has 0 aromatic heterocycles. The lowest BCUT2D eigenvalue weighted by Gasteiger charge is -2.38. The van der Waals surface area contributed by atoms with Crippen LogP contribution in [0.5, 0.6) is 0 Å². The Morgan fingerprint density at radius 3 is 2.30 bits per heavy atom. The zero-order chi connectivity index (χ0) is 14.7. The van der Waals surface area contributed by atoms with Crippen molar-refractivity contribution in [2.75, 3.05) is 52.1 Å². The first-order valence-electron chi connectivity index (χ1n) is 7.57. The molecular formula is C15H29BrO4. The van der Waals surface area contributed by atoms with Gasteiger partial charge in [-0.05, 0) is 18.8 Å². The van der Waals surface area contributed by atoms with Gasteiger partial charge in [-0.25, -0.2) is 0 Å². The highest BCUT2D eigenvalue weighted by molar-refractivity contribution is 9.09. The number of hydrogen-bond donors (Lipinski definition) is 0. The summed E-state index contributed by atoms with van der Waals surface area (Å²) in [6.45, 7) is 6.10. The van der Waals surface area contributed by atoms with Gasteiger partial charge >= 0.3 is 0 Å². The van der Waals surface area contributed by atoms with Crippen LogP contribution in [-0.4, -0.2) is 57.7 Å². The molecule has 0 radical (unpaired) electrons. The normalized spacial score (nSPS) is 26.9. The van der Waals surface area contributed by atoms with Gasteiger partial charge in [-0.1, -0.05) is 35.7 Å². The van der Waals surface area contributed by atoms with Gasteiger partial charge in [0.25, 0.3) is 0 Å². The molecule has 0 aromatic rings. The first kappa shape index (κ1) is 18.4. The minimum absolute atomic E-state index is 0.0238. The SMILES string of the molecule is COCCOCCOCCOC1(CBr)CCCC(C)C1. The molecule has 0 amide bonds. The maximum absolute atomic E-state index is 6.10. The zero-order valence-electron chi connectivity index (χ0n) is 12.9. The van der Waals surface area contributed by atoms with E-state index >= 15 is 0 Å². The van der Waals surface area contributed by atoms with E-state index in [1.54, 1.807) is 7.11 Å². The quantitative estimate of drug-likeness (QED) is 0.423. The number of hydrogen-bond acceptors (Lipinski definition) is 4. The Hall–Kier alpha value is 0.320. The molecule has 0 saturated heterocycles. The molecule has 0 aliphatic heterocycles. The van der Waals surface area contributed by atoms with Gasteiger partial charge < -0.3 is 18.9 Å². The van der Waals surface area contributed by atoms with Gasteiger partial charge in [-0.3, -0.25) is 0 Å². The van der Waals surface area contributed by atoms with Crippen LogP contribution in [0.25, 0.3) is 0 Å². The molecule has 120 valence electrons. The highest BCUT2D eigenvalue weighted by Crippen LogP contribution is 2.36. The Morgan fingerprint density at radius 1 is 1.05 bits per heavy atom. The zero-order valence-corrected chi connectivity index (χ0v) is 14.5. The summed E-state index contributed by atoms with van der Waals surface area (Å²) in [5.41, 5.74) is 0.0238. The Bertz CT molecular complexity index is 240. The molecule has 0 bridgehead atoms. The van der Waals surface area contributed by atoms with Crippen molar-refractivity contribution in [1.29, 1.82) is 0 Å². The average molecular weight is 353 g/mol. The topological polar surface area (TPSA) is 36.9 Å². The van der Waals surface area contributed by atoms with E-state index in [0.29, 0.717) is 39.6 Å². The van der Waals surface area contributed by atoms with Crippen LogP contribution < -0.4 is 0 Å². The van der Waals surface area contributed by atoms with Crippen LogP contribution in [-0.2, 0) is 18.9 Å². The minimum atomic E-state index is 0.0238. The molecule has 0 spiro atoms. The lowest BCUT2D eigenvalue weighted by atomic mass is 9.80. The van der Waals surface area contributed by atoms with E-state index in [-0.39, 0.29) is 5.60 Å². The number of halogens is 1. The summed E-state index contributed by atoms with van der Waals surface area (Å²) in [6, 6.07) is 0. The Labute approximate surface area is 131 Å². The van der Waals surface area contributed by atoms with E-state index in [1.807, 2.05) is 0 Å². The third-order valence-electron chi connectivity index (χ3n) is 3.73. The summed E-state index contributed by atoms with van der Waals surface area (Å²) in [7, 11) is 1.67. The summed E-state index contributed by atoms with van der Waals surface area (Å²) in [5.74, 6) is 0.761. The van der Waals surface area contributed by atoms with Crippen molar-refractivity contribution < 1.29 is 18.9 Å². The fraction of sp³-hybridized carbons (Fsp3) is 1.00. The van der Waals surface area contributed by atoms with Gasteiger partial charge in [0.1, 0.15) is 0 Å². The maximum atomic E-state index is 6.10. The molecule has 0 heterocycles. The van der Waals surface area contributed by atoms with Crippen LogP contribution in [0.2, 0.25) is 0 Å². The van der Waals surface area contributed by atoms with E-state index in [9.17, 15) is 0 Å². The van der Waals surface area contributed by atoms with Crippen molar-refractivity contribution in [3.63, 3.8) is 0 Å². The summed E-state index contributed by atoms with van der Waals surface area (Å²) >= 11 is 3.62. The van der Waals surface area contributed by atoms with E-state index in [0.717, 1.165) is 24.1 Å². The molecule has 1 saturated carbocycles. The van der Waals surface area contributed by atoms with E-state index in [2.05, 4.69) is 22.9 Å². The van der Waals surface area contributed by atoms with Crippen molar-refractivity contribution >= 4 is 15.9 Å². The van der Waals surface area contributed by atoms with Crippen LogP contribution in [0.4, 0.5) is 0 Å². The first-order chi connectivity index (χ1) is 9.72. The second-order valence-electron chi connectivity index (χ2n) is 5.58. The molecule has 0 aromatic carbocycles. The number of rotatable bonds is 11. The van der Waals surface area contributed by atoms with Crippen molar-refractivity contribution in [3.05, 3.63) is 0 Å². The number of alkyl halides is 1. The standard InChI is InChI=1S/C15H29BrO4/c1-14-4-3-5-15(12-14,13-16)20-11-10-19-9-8-18-7-6-17-2/h14H,3-13H2,1-2H3. The average Bonchev–Trinajstić information content (AvgIpc) is 2.45. The van der Waals surface area contributed by atoms with Crippen LogP contribution in [0.1, 0.15) is 32.6 Å². The van der Waals surface area contributed by atoms with E-state index in [1.165, 1.54) is 12.8 Å². The Balaban J connectivity index is 2.01. The molecular weight excluding hydrogens is 324 g/mol. The first-order valence-corrected chi connectivity index (χ1v) is 8.69. The second kappa shape index (κ2) is 11.0. The molecule has 20 heavy (non-hydrogen) atoms. The van der Waals surface area contributed by atoms with Gasteiger partial charge in [-0.2, -0.15) is 0 Å². The fourth-order valence-electron chi connectivity index (χ4n) is 2.68. The second-order valence-corrected chi connectivity index (χ2v) is 6.14. The van der Waals surface area contributed by atoms with Crippen LogP contribution in [0, 0.1) is 5.92 Å². The summed E-state index contributed by atoms with van der Waals surface area (Å²) in [4.78, 5) is 0. The summed E-state index contributed by atoms with van der Waals surface area (Å²) in [5, 5.41) is 0.921. The van der Waals surface area contributed by atoms with Crippen molar-refractivity contribution in [2.45, 2.75) is 38.2 Å². The predicted molar refractivity (Wildman–Crippen MR) is 83.6 cm³/mol. The van der Waals surface area contributed by atoms with Gasteiger partial charge in [0.05, 0.1) is 45.2 Å². The molecule has 1 aliphatic carbocycles. The third kappa shape index (κ3) is 7.36. The van der Waals surface area contributed by atoms with E-state index in [4.69, 9.17) is 18.9 Å². The molecule has 2 atom stereocenters. The monoisotopic (exact) mass is 352 g/mol. The molecule has 4 nitrogen and oxygen atoms in total. The van der Waals surface area contributed by atoms with E-state index < -0.39 is 0 Å². The molecule has 1 rings (SSSR count). The Kier molecular flexibility index (Phi) is 10.1. The van der Waals surface area contributed by atoms with Crippen molar-refractivity contribution in [3.8, 4) is 0 Å². The lowest BCUT2D eigenvalue weighted by molar-refractivity contribution is -0.0846. The molecule has 5 heteroatoms. The summed E-state index contributed by atoms with van der Waals surface area (Å²) in [6.07, 6.45) is 4.90. The predicted octanol–water partition coefficient (Wildman–Crippen LogP) is 3.03. The maximum Gasteiger partial charge on any atom is 0.0782 e. The van der Waals surface area contributed by atoms with Gasteiger partial charge in [0.2, 0.25) is 0 Å². The molecule has 1 aliphatic rings. The lowest BCUT2D eigenvalue weighted by Crippen LogP contribution is -2.40. The highest BCUT2D eigenvalue weighted by Gasteiger charge is 2.34.